The predicted octanol–water partition coefficient (Wildman–Crippen LogP) is 3.09. The van der Waals surface area contributed by atoms with Crippen molar-refractivity contribution in [3.8, 4) is 0 Å². The Kier molecular flexibility index (Phi) is 7.15. The molecule has 26 heavy (non-hydrogen) atoms. The number of rotatable bonds is 7. The van der Waals surface area contributed by atoms with Crippen LogP contribution in [-0.4, -0.2) is 34.4 Å². The number of ether oxygens (including phenoxy) is 1. The molecule has 7 heteroatoms. The molecule has 0 aromatic heterocycles. The van der Waals surface area contributed by atoms with E-state index >= 15 is 0 Å². The van der Waals surface area contributed by atoms with Gasteiger partial charge in [-0.15, -0.1) is 0 Å². The maximum atomic E-state index is 13.1. The lowest BCUT2D eigenvalue weighted by atomic mass is 9.80. The van der Waals surface area contributed by atoms with E-state index in [0.717, 1.165) is 5.56 Å². The molecule has 1 aromatic rings. The number of hydrogen-bond acceptors (Lipinski definition) is 4. The molecule has 1 aromatic carbocycles. The molecular weight excluding hydrogens is 339 g/mol. The largest absolute Gasteiger partial charge is 0.480 e. The minimum absolute atomic E-state index is 0.0105. The van der Waals surface area contributed by atoms with Gasteiger partial charge in [-0.2, -0.15) is 0 Å². The van der Waals surface area contributed by atoms with Crippen LogP contribution >= 0.6 is 0 Å². The number of halogens is 1. The van der Waals surface area contributed by atoms with Crippen LogP contribution in [-0.2, 0) is 16.0 Å². The fourth-order valence-electron chi connectivity index (χ4n) is 2.53. The number of benzene rings is 1. The van der Waals surface area contributed by atoms with Gasteiger partial charge in [0.25, 0.3) is 0 Å². The third kappa shape index (κ3) is 6.63. The van der Waals surface area contributed by atoms with Crippen molar-refractivity contribution in [3.63, 3.8) is 0 Å². The Bertz CT molecular complexity index is 625. The first-order valence-electron chi connectivity index (χ1n) is 8.59. The minimum atomic E-state index is -1.51. The number of aliphatic carboxylic acids is 1. The van der Waals surface area contributed by atoms with E-state index in [1.165, 1.54) is 12.1 Å². The highest BCUT2D eigenvalue weighted by molar-refractivity contribution is 5.79. The molecule has 0 aliphatic rings. The second kappa shape index (κ2) is 8.49. The molecule has 146 valence electrons. The van der Waals surface area contributed by atoms with Crippen LogP contribution in [0.25, 0.3) is 0 Å². The van der Waals surface area contributed by atoms with Gasteiger partial charge in [-0.3, -0.25) is 4.79 Å². The summed E-state index contributed by atoms with van der Waals surface area (Å²) < 4.78 is 18.4. The number of nitrogens with two attached hydrogens (primary N) is 1. The number of alkyl carbamates (subject to hydrolysis) is 1. The Morgan fingerprint density at radius 3 is 2.19 bits per heavy atom. The molecule has 0 aliphatic heterocycles. The number of carbonyl (C=O) groups is 2. The third-order valence-corrected chi connectivity index (χ3v) is 4.13. The summed E-state index contributed by atoms with van der Waals surface area (Å²) in [5.41, 5.74) is 4.67. The lowest BCUT2D eigenvalue weighted by Gasteiger charge is -2.33. The first kappa shape index (κ1) is 21.9. The molecular formula is C19H29FN2O4. The van der Waals surface area contributed by atoms with E-state index in [1.807, 2.05) is 0 Å². The lowest BCUT2D eigenvalue weighted by molar-refractivity contribution is -0.145. The van der Waals surface area contributed by atoms with E-state index in [1.54, 1.807) is 46.8 Å². The fraction of sp³-hybridized carbons (Fsp3) is 0.579. The second-order valence-corrected chi connectivity index (χ2v) is 7.88. The van der Waals surface area contributed by atoms with Crippen molar-refractivity contribution in [2.75, 3.05) is 0 Å². The van der Waals surface area contributed by atoms with Gasteiger partial charge in [0.15, 0.2) is 0 Å². The topological polar surface area (TPSA) is 102 Å². The molecule has 0 spiro atoms. The maximum Gasteiger partial charge on any atom is 0.407 e. The molecule has 4 N–H and O–H groups in total. The smallest absolute Gasteiger partial charge is 0.407 e. The molecule has 0 saturated heterocycles. The number of carboxylic acids is 1. The SMILES string of the molecule is CC(C)C(N)(CC(Cc1ccc(F)cc1)NC(=O)OC(C)(C)C)C(=O)O. The van der Waals surface area contributed by atoms with Gasteiger partial charge in [0.05, 0.1) is 0 Å². The summed E-state index contributed by atoms with van der Waals surface area (Å²) in [6.45, 7) is 8.65. The first-order chi connectivity index (χ1) is 11.8. The van der Waals surface area contributed by atoms with Gasteiger partial charge >= 0.3 is 12.1 Å². The van der Waals surface area contributed by atoms with Crippen LogP contribution in [0.1, 0.15) is 46.6 Å². The Morgan fingerprint density at radius 2 is 1.77 bits per heavy atom. The van der Waals surface area contributed by atoms with Crippen LogP contribution in [0.15, 0.2) is 24.3 Å². The molecule has 0 bridgehead atoms. The average Bonchev–Trinajstić information content (AvgIpc) is 2.46. The zero-order chi connectivity index (χ0) is 20.1. The van der Waals surface area contributed by atoms with Gasteiger partial charge in [-0.1, -0.05) is 26.0 Å². The van der Waals surface area contributed by atoms with Gasteiger partial charge in [0.1, 0.15) is 17.0 Å². The van der Waals surface area contributed by atoms with Crippen LogP contribution in [0.3, 0.4) is 0 Å². The van der Waals surface area contributed by atoms with Gasteiger partial charge < -0.3 is 20.9 Å². The summed E-state index contributed by atoms with van der Waals surface area (Å²) in [5.74, 6) is -1.86. The highest BCUT2D eigenvalue weighted by atomic mass is 19.1. The minimum Gasteiger partial charge on any atom is -0.480 e. The molecule has 1 amide bonds. The van der Waals surface area contributed by atoms with E-state index in [2.05, 4.69) is 5.32 Å². The number of carbonyl (C=O) groups excluding carboxylic acids is 1. The van der Waals surface area contributed by atoms with Gasteiger partial charge in [0.2, 0.25) is 0 Å². The van der Waals surface area contributed by atoms with Crippen molar-refractivity contribution in [2.45, 2.75) is 64.6 Å². The summed E-state index contributed by atoms with van der Waals surface area (Å²) in [6.07, 6.45) is -0.337. The number of nitrogens with one attached hydrogen (secondary N) is 1. The first-order valence-corrected chi connectivity index (χ1v) is 8.59. The summed E-state index contributed by atoms with van der Waals surface area (Å²) in [5, 5.41) is 12.3. The summed E-state index contributed by atoms with van der Waals surface area (Å²) in [7, 11) is 0. The van der Waals surface area contributed by atoms with Crippen LogP contribution in [0, 0.1) is 11.7 Å². The van der Waals surface area contributed by atoms with Crippen molar-refractivity contribution in [1.82, 2.24) is 5.32 Å². The van der Waals surface area contributed by atoms with Crippen LogP contribution < -0.4 is 11.1 Å². The molecule has 1 rings (SSSR count). The van der Waals surface area contributed by atoms with Gasteiger partial charge in [-0.25, -0.2) is 9.18 Å². The van der Waals surface area contributed by atoms with E-state index in [-0.39, 0.29) is 18.2 Å². The Labute approximate surface area is 153 Å². The van der Waals surface area contributed by atoms with E-state index < -0.39 is 29.2 Å². The monoisotopic (exact) mass is 368 g/mol. The van der Waals surface area contributed by atoms with Crippen molar-refractivity contribution in [2.24, 2.45) is 11.7 Å². The maximum absolute atomic E-state index is 13.1. The number of hydrogen-bond donors (Lipinski definition) is 3. The number of carboxylic acid groups (broad SMARTS) is 1. The Morgan fingerprint density at radius 1 is 1.23 bits per heavy atom. The Balaban J connectivity index is 3.02. The molecule has 0 aliphatic carbocycles. The van der Waals surface area contributed by atoms with Crippen molar-refractivity contribution in [1.29, 1.82) is 0 Å². The summed E-state index contributed by atoms with van der Waals surface area (Å²) >= 11 is 0. The van der Waals surface area contributed by atoms with E-state index in [4.69, 9.17) is 10.5 Å². The van der Waals surface area contributed by atoms with Gasteiger partial charge in [0, 0.05) is 6.04 Å². The average molecular weight is 368 g/mol. The summed E-state index contributed by atoms with van der Waals surface area (Å²) in [4.78, 5) is 23.8. The molecule has 0 radical (unpaired) electrons. The van der Waals surface area contributed by atoms with Crippen LogP contribution in [0.2, 0.25) is 0 Å². The lowest BCUT2D eigenvalue weighted by Crippen LogP contribution is -2.57. The highest BCUT2D eigenvalue weighted by Crippen LogP contribution is 2.23. The van der Waals surface area contributed by atoms with E-state index in [0.29, 0.717) is 6.42 Å². The number of amides is 1. The molecule has 0 fully saturated rings. The van der Waals surface area contributed by atoms with Crippen LogP contribution in [0.5, 0.6) is 0 Å². The molecule has 2 unspecified atom stereocenters. The Hall–Kier alpha value is -2.15. The van der Waals surface area contributed by atoms with Crippen molar-refractivity contribution in [3.05, 3.63) is 35.6 Å². The predicted molar refractivity (Wildman–Crippen MR) is 97.3 cm³/mol. The second-order valence-electron chi connectivity index (χ2n) is 7.88. The van der Waals surface area contributed by atoms with Crippen molar-refractivity contribution >= 4 is 12.1 Å². The molecule has 2 atom stereocenters. The molecule has 0 heterocycles. The van der Waals surface area contributed by atoms with Crippen LogP contribution in [0.4, 0.5) is 9.18 Å². The standard InChI is InChI=1S/C19H29FN2O4/c1-12(2)19(21,16(23)24)11-15(22-17(25)26-18(3,4)5)10-13-6-8-14(20)9-7-13/h6-9,12,15H,10-11,21H2,1-5H3,(H,22,25)(H,23,24). The zero-order valence-electron chi connectivity index (χ0n) is 16.0. The van der Waals surface area contributed by atoms with E-state index in [9.17, 15) is 19.1 Å². The third-order valence-electron chi connectivity index (χ3n) is 4.13. The quantitative estimate of drug-likeness (QED) is 0.686. The fourth-order valence-corrected chi connectivity index (χ4v) is 2.53. The van der Waals surface area contributed by atoms with Crippen molar-refractivity contribution < 1.29 is 23.8 Å². The zero-order valence-corrected chi connectivity index (χ0v) is 16.0. The summed E-state index contributed by atoms with van der Waals surface area (Å²) in [6, 6.07) is 5.23. The molecule has 6 nitrogen and oxygen atoms in total. The normalized spacial score (nSPS) is 15.2. The highest BCUT2D eigenvalue weighted by Gasteiger charge is 2.40. The van der Waals surface area contributed by atoms with Gasteiger partial charge in [-0.05, 0) is 57.2 Å². The molecule has 0 saturated carbocycles.